The highest BCUT2D eigenvalue weighted by Gasteiger charge is 2.65. The number of phenols is 1. The number of carbonyl (C=O) groups excluding carboxylic acids is 3. The quantitative estimate of drug-likeness (QED) is 0.192. The number of aliphatic hydroxyl groups excluding tert-OH is 1. The zero-order valence-electron chi connectivity index (χ0n) is 36.1. The second kappa shape index (κ2) is 17.6. The summed E-state index contributed by atoms with van der Waals surface area (Å²) < 4.78 is 6.17. The topological polar surface area (TPSA) is 104 Å². The lowest BCUT2D eigenvalue weighted by atomic mass is 9.38. The van der Waals surface area contributed by atoms with Crippen molar-refractivity contribution >= 4 is 17.7 Å². The molecule has 9 atom stereocenters. The Morgan fingerprint density at radius 3 is 2.18 bits per heavy atom. The molecule has 4 saturated carbocycles. The van der Waals surface area contributed by atoms with Crippen LogP contribution in [0.1, 0.15) is 145 Å². The van der Waals surface area contributed by atoms with Crippen LogP contribution < -0.4 is 0 Å². The molecule has 0 spiro atoms. The van der Waals surface area contributed by atoms with E-state index < -0.39 is 5.41 Å². The molecule has 2 N–H and O–H groups in total. The molecule has 306 valence electrons. The molecule has 0 aliphatic heterocycles. The molecule has 0 bridgehead atoms. The number of aliphatic hydroxyl groups is 1. The molecule has 0 heterocycles. The normalized spacial score (nSPS) is 33.6. The third-order valence-electron chi connectivity index (χ3n) is 15.1. The van der Waals surface area contributed by atoms with Crippen LogP contribution in [0.3, 0.4) is 0 Å². The maximum absolute atomic E-state index is 14.0. The van der Waals surface area contributed by atoms with E-state index >= 15 is 0 Å². The first-order valence-corrected chi connectivity index (χ1v) is 21.4. The van der Waals surface area contributed by atoms with Gasteiger partial charge >= 0.3 is 5.97 Å². The number of carbonyl (C=O) groups is 3. The van der Waals surface area contributed by atoms with Gasteiger partial charge in [-0.3, -0.25) is 14.4 Å². The lowest BCUT2D eigenvalue weighted by molar-refractivity contribution is -0.191. The Morgan fingerprint density at radius 1 is 0.982 bits per heavy atom. The van der Waals surface area contributed by atoms with Gasteiger partial charge in [0.1, 0.15) is 11.9 Å². The summed E-state index contributed by atoms with van der Waals surface area (Å²) in [6, 6.07) is 7.11. The van der Waals surface area contributed by atoms with Crippen molar-refractivity contribution in [3.05, 3.63) is 41.0 Å². The number of terminal acetylenes is 1. The van der Waals surface area contributed by atoms with Gasteiger partial charge < -0.3 is 19.8 Å². The minimum absolute atomic E-state index is 0.0419. The van der Waals surface area contributed by atoms with Gasteiger partial charge in [-0.25, -0.2) is 0 Å². The Hall–Kier alpha value is -3.11. The van der Waals surface area contributed by atoms with E-state index in [0.717, 1.165) is 63.2 Å². The van der Waals surface area contributed by atoms with E-state index in [1.165, 1.54) is 18.4 Å². The molecule has 1 aromatic carbocycles. The summed E-state index contributed by atoms with van der Waals surface area (Å²) in [7, 11) is 1.00. The lowest BCUT2D eigenvalue weighted by Gasteiger charge is -2.67. The van der Waals surface area contributed by atoms with Crippen molar-refractivity contribution in [3.63, 3.8) is 0 Å². The fourth-order valence-electron chi connectivity index (χ4n) is 12.6. The first-order valence-electron chi connectivity index (χ1n) is 21.4. The highest BCUT2D eigenvalue weighted by molar-refractivity contribution is 6.00. The fraction of sp³-hybridized carbons (Fsp3) is 0.729. The van der Waals surface area contributed by atoms with Crippen LogP contribution in [0.2, 0.25) is 0 Å². The largest absolute Gasteiger partial charge is 0.508 e. The summed E-state index contributed by atoms with van der Waals surface area (Å²) in [6.07, 6.45) is 16.1. The molecular formula is C48H73NO6. The number of hydrogen-bond donors (Lipinski definition) is 2. The minimum atomic E-state index is -0.498. The van der Waals surface area contributed by atoms with Gasteiger partial charge in [0.15, 0.2) is 5.78 Å². The number of aromatic hydroxyl groups is 1. The summed E-state index contributed by atoms with van der Waals surface area (Å²) in [6.45, 7) is 22.5. The van der Waals surface area contributed by atoms with Gasteiger partial charge in [0.2, 0.25) is 5.91 Å². The maximum Gasteiger partial charge on any atom is 0.307 e. The molecule has 8 unspecified atom stereocenters. The van der Waals surface area contributed by atoms with Gasteiger partial charge in [0, 0.05) is 44.4 Å². The van der Waals surface area contributed by atoms with Crippen LogP contribution >= 0.6 is 0 Å². The van der Waals surface area contributed by atoms with Gasteiger partial charge in [-0.1, -0.05) is 72.1 Å². The van der Waals surface area contributed by atoms with Crippen molar-refractivity contribution in [2.45, 2.75) is 153 Å². The highest BCUT2D eigenvalue weighted by Crippen LogP contribution is 2.72. The van der Waals surface area contributed by atoms with Crippen molar-refractivity contribution < 1.29 is 29.3 Å². The van der Waals surface area contributed by atoms with Crippen LogP contribution in [0.25, 0.3) is 0 Å². The first kappa shape index (κ1) is 44.6. The number of rotatable bonds is 9. The molecule has 6 rings (SSSR count). The summed E-state index contributed by atoms with van der Waals surface area (Å²) in [4.78, 5) is 41.8. The number of benzene rings is 1. The van der Waals surface area contributed by atoms with Gasteiger partial charge in [-0.2, -0.15) is 0 Å². The average Bonchev–Trinajstić information content (AvgIpc) is 3.45. The Morgan fingerprint density at radius 2 is 1.58 bits per heavy atom. The van der Waals surface area contributed by atoms with Crippen molar-refractivity contribution in [2.75, 3.05) is 13.7 Å². The second-order valence-corrected chi connectivity index (χ2v) is 18.9. The van der Waals surface area contributed by atoms with E-state index in [-0.39, 0.29) is 52.3 Å². The third kappa shape index (κ3) is 8.61. The summed E-state index contributed by atoms with van der Waals surface area (Å²) in [5.74, 6) is 5.77. The van der Waals surface area contributed by atoms with E-state index in [2.05, 4.69) is 40.5 Å². The van der Waals surface area contributed by atoms with Crippen molar-refractivity contribution in [1.82, 2.24) is 4.90 Å². The number of Topliss-reactive ketones (excluding diaryl/α,β-unsaturated/α-hetero) is 1. The number of esters is 1. The van der Waals surface area contributed by atoms with Gasteiger partial charge in [0.25, 0.3) is 0 Å². The molecule has 55 heavy (non-hydrogen) atoms. The van der Waals surface area contributed by atoms with Crippen molar-refractivity contribution in [1.29, 1.82) is 0 Å². The van der Waals surface area contributed by atoms with Gasteiger partial charge in [-0.15, -0.1) is 6.42 Å². The molecule has 5 aliphatic rings. The van der Waals surface area contributed by atoms with Crippen molar-refractivity contribution in [3.8, 4) is 18.1 Å². The van der Waals surface area contributed by atoms with E-state index in [0.29, 0.717) is 54.9 Å². The predicted molar refractivity (Wildman–Crippen MR) is 221 cm³/mol. The number of fused-ring (bicyclic) bond motifs is 7. The number of ketones is 1. The highest BCUT2D eigenvalue weighted by atomic mass is 16.5. The number of phenolic OH excluding ortho intramolecular Hbond substituents is 1. The molecule has 7 heteroatoms. The molecular weight excluding hydrogens is 687 g/mol. The second-order valence-electron chi connectivity index (χ2n) is 18.9. The van der Waals surface area contributed by atoms with Gasteiger partial charge in [0.05, 0.1) is 6.42 Å². The number of nitrogens with zero attached hydrogens (tertiary/aromatic N) is 1. The molecule has 4 fully saturated rings. The molecule has 5 aliphatic carbocycles. The standard InChI is InChI=1S/C45H63NO5.C2H6.CH4O/c1-10-42(6,7)26-39(50)51-37-19-21-43(8)34(29(37)4)17-20-44(9)35-18-22-45(23-24-46(30(5)47)27-31-11-13-32(48)14-12-31)25-36(49)40(28(2)3)41(45)33(35)15-16-38(43)44;2*1-2/h1,11-14,28-29,33-35,37-38,48H,15-27H2,2-9H3;1-2H3;2H,1H3/t29?,33?,34?,35?,37-,38?,43?,44?,45?;;/m0../s1. The average molecular weight is 760 g/mol. The molecule has 0 aromatic heterocycles. The van der Waals surface area contributed by atoms with Crippen molar-refractivity contribution in [2.24, 2.45) is 57.2 Å². The van der Waals surface area contributed by atoms with Crippen LogP contribution in [-0.2, 0) is 25.7 Å². The molecule has 7 nitrogen and oxygen atoms in total. The smallest absolute Gasteiger partial charge is 0.307 e. The number of hydrogen-bond acceptors (Lipinski definition) is 6. The van der Waals surface area contributed by atoms with E-state index in [1.54, 1.807) is 19.1 Å². The maximum atomic E-state index is 14.0. The summed E-state index contributed by atoms with van der Waals surface area (Å²) >= 11 is 0. The Labute approximate surface area is 333 Å². The molecule has 0 saturated heterocycles. The summed E-state index contributed by atoms with van der Waals surface area (Å²) in [5, 5.41) is 16.8. The lowest BCUT2D eigenvalue weighted by Crippen LogP contribution is -2.60. The van der Waals surface area contributed by atoms with Crippen LogP contribution in [0.5, 0.6) is 5.75 Å². The molecule has 1 aromatic rings. The predicted octanol–water partition coefficient (Wildman–Crippen LogP) is 9.93. The SMILES string of the molecule is C#CC(C)(C)CC(=O)O[C@H]1CCC2(C)C(CCC3(C)C4CCC5(CCN(Cc6ccc(O)cc6)C(C)=O)CC(=O)C(C(C)C)=C5C4CCC32)C1C.CC.CO. The third-order valence-corrected chi connectivity index (χ3v) is 15.1. The van der Waals surface area contributed by atoms with E-state index in [9.17, 15) is 19.5 Å². The summed E-state index contributed by atoms with van der Waals surface area (Å²) in [5.41, 5.74) is 3.29. The first-order chi connectivity index (χ1) is 25.9. The molecule has 0 radical (unpaired) electrons. The van der Waals surface area contributed by atoms with Crippen LogP contribution in [0.15, 0.2) is 35.4 Å². The van der Waals surface area contributed by atoms with Gasteiger partial charge in [-0.05, 0) is 141 Å². The monoisotopic (exact) mass is 760 g/mol. The number of amides is 1. The molecule has 1 amide bonds. The Balaban J connectivity index is 0.00000163. The van der Waals surface area contributed by atoms with E-state index in [1.807, 2.05) is 44.7 Å². The van der Waals surface area contributed by atoms with Crippen LogP contribution in [-0.4, -0.2) is 52.5 Å². The Kier molecular flexibility index (Phi) is 14.3. The number of ether oxygens (including phenoxy) is 1. The zero-order valence-corrected chi connectivity index (χ0v) is 36.1. The number of allylic oxidation sites excluding steroid dienone is 2. The van der Waals surface area contributed by atoms with E-state index in [4.69, 9.17) is 16.3 Å². The fourth-order valence-corrected chi connectivity index (χ4v) is 12.6. The minimum Gasteiger partial charge on any atom is -0.508 e. The Bertz CT molecular complexity index is 1600. The van der Waals surface area contributed by atoms with Crippen LogP contribution in [0, 0.1) is 69.5 Å². The zero-order chi connectivity index (χ0) is 41.1. The van der Waals surface area contributed by atoms with Crippen LogP contribution in [0.4, 0.5) is 0 Å².